The molecule has 3 rings (SSSR count). The van der Waals surface area contributed by atoms with Gasteiger partial charge < -0.3 is 5.32 Å². The maximum atomic E-state index is 12.1. The second-order valence-electron chi connectivity index (χ2n) is 5.70. The Labute approximate surface area is 125 Å². The summed E-state index contributed by atoms with van der Waals surface area (Å²) in [6, 6.07) is 12.2. The number of benzene rings is 1. The van der Waals surface area contributed by atoms with E-state index < -0.39 is 0 Å². The normalized spacial score (nSPS) is 15.0. The Morgan fingerprint density at radius 1 is 1.00 bits per heavy atom. The van der Waals surface area contributed by atoms with Gasteiger partial charge >= 0.3 is 0 Å². The molecule has 21 heavy (non-hydrogen) atoms. The lowest BCUT2D eigenvalue weighted by Gasteiger charge is -2.11. The molecule has 0 atom stereocenters. The van der Waals surface area contributed by atoms with Crippen LogP contribution in [-0.4, -0.2) is 10.9 Å². The number of hydrogen-bond acceptors (Lipinski definition) is 2. The summed E-state index contributed by atoms with van der Waals surface area (Å²) in [5.74, 6) is 0.385. The largest absolute Gasteiger partial charge is 0.326 e. The number of amides is 1. The fourth-order valence-corrected chi connectivity index (χ4v) is 2.87. The zero-order chi connectivity index (χ0) is 14.5. The molecule has 108 valence electrons. The molecule has 2 aromatic rings. The van der Waals surface area contributed by atoms with Gasteiger partial charge in [0.2, 0.25) is 5.91 Å². The van der Waals surface area contributed by atoms with Gasteiger partial charge in [-0.15, -0.1) is 0 Å². The Morgan fingerprint density at radius 2 is 1.62 bits per heavy atom. The maximum absolute atomic E-state index is 12.1. The quantitative estimate of drug-likeness (QED) is 0.925. The van der Waals surface area contributed by atoms with Crippen molar-refractivity contribution in [2.24, 2.45) is 5.92 Å². The average Bonchev–Trinajstić information content (AvgIpc) is 3.05. The van der Waals surface area contributed by atoms with Crippen molar-refractivity contribution >= 4 is 11.6 Å². The van der Waals surface area contributed by atoms with Crippen LogP contribution in [0.3, 0.4) is 0 Å². The van der Waals surface area contributed by atoms with Crippen molar-refractivity contribution in [1.82, 2.24) is 4.98 Å². The Hall–Kier alpha value is -2.16. The van der Waals surface area contributed by atoms with E-state index in [2.05, 4.69) is 22.4 Å². The number of nitrogens with zero attached hydrogens (tertiary/aromatic N) is 1. The van der Waals surface area contributed by atoms with E-state index in [1.165, 1.54) is 24.0 Å². The third-order valence-corrected chi connectivity index (χ3v) is 4.11. The lowest BCUT2D eigenvalue weighted by molar-refractivity contribution is -0.119. The van der Waals surface area contributed by atoms with E-state index in [0.717, 1.165) is 24.9 Å². The minimum Gasteiger partial charge on any atom is -0.326 e. The minimum atomic E-state index is 0.175. The third-order valence-electron chi connectivity index (χ3n) is 4.11. The van der Waals surface area contributed by atoms with Crippen LogP contribution in [0.1, 0.15) is 36.8 Å². The molecule has 1 heterocycles. The van der Waals surface area contributed by atoms with Crippen LogP contribution in [0.2, 0.25) is 0 Å². The molecule has 0 spiro atoms. The molecule has 0 bridgehead atoms. The minimum absolute atomic E-state index is 0.175. The number of nitrogens with one attached hydrogen (secondary N) is 1. The second kappa shape index (κ2) is 6.53. The van der Waals surface area contributed by atoms with Crippen molar-refractivity contribution in [2.75, 3.05) is 5.32 Å². The van der Waals surface area contributed by atoms with Crippen LogP contribution in [0.5, 0.6) is 0 Å². The molecule has 0 aliphatic heterocycles. The molecule has 1 amide bonds. The molecule has 1 aliphatic carbocycles. The average molecular weight is 280 g/mol. The Bertz CT molecular complexity index is 586. The van der Waals surface area contributed by atoms with Gasteiger partial charge in [0, 0.05) is 24.0 Å². The van der Waals surface area contributed by atoms with Gasteiger partial charge in [0.1, 0.15) is 0 Å². The van der Waals surface area contributed by atoms with Gasteiger partial charge in [0.25, 0.3) is 0 Å². The van der Waals surface area contributed by atoms with Crippen LogP contribution in [0.15, 0.2) is 48.8 Å². The first-order valence-corrected chi connectivity index (χ1v) is 7.60. The molecular weight excluding hydrogens is 260 g/mol. The summed E-state index contributed by atoms with van der Waals surface area (Å²) < 4.78 is 0. The molecule has 0 saturated heterocycles. The monoisotopic (exact) mass is 280 g/mol. The number of carbonyl (C=O) groups is 1. The van der Waals surface area contributed by atoms with Crippen molar-refractivity contribution in [3.8, 4) is 0 Å². The van der Waals surface area contributed by atoms with E-state index >= 15 is 0 Å². The molecule has 1 fully saturated rings. The van der Waals surface area contributed by atoms with Crippen LogP contribution in [0.25, 0.3) is 0 Å². The standard InChI is InChI=1S/C18H20N2O/c21-18(16-3-1-2-4-16)20-17-7-5-14(6-8-17)13-15-9-11-19-12-10-15/h5-12,16H,1-4,13H2,(H,20,21). The molecule has 0 radical (unpaired) electrons. The van der Waals surface area contributed by atoms with Gasteiger partial charge in [-0.05, 0) is 54.7 Å². The first kappa shape index (κ1) is 13.8. The first-order valence-electron chi connectivity index (χ1n) is 7.60. The Balaban J connectivity index is 1.60. The van der Waals surface area contributed by atoms with Crippen molar-refractivity contribution in [3.05, 3.63) is 59.9 Å². The van der Waals surface area contributed by atoms with E-state index in [1.807, 2.05) is 36.7 Å². The lowest BCUT2D eigenvalue weighted by atomic mass is 10.1. The summed E-state index contributed by atoms with van der Waals surface area (Å²) in [7, 11) is 0. The predicted octanol–water partition coefficient (Wildman–Crippen LogP) is 3.80. The summed E-state index contributed by atoms with van der Waals surface area (Å²) in [5, 5.41) is 3.03. The van der Waals surface area contributed by atoms with Crippen LogP contribution in [0, 0.1) is 5.92 Å². The van der Waals surface area contributed by atoms with E-state index in [-0.39, 0.29) is 11.8 Å². The predicted molar refractivity (Wildman–Crippen MR) is 84.1 cm³/mol. The number of carbonyl (C=O) groups excluding carboxylic acids is 1. The molecule has 1 aromatic carbocycles. The molecule has 3 heteroatoms. The van der Waals surface area contributed by atoms with Crippen molar-refractivity contribution in [1.29, 1.82) is 0 Å². The summed E-state index contributed by atoms with van der Waals surface area (Å²) in [5.41, 5.74) is 3.37. The molecule has 0 unspecified atom stereocenters. The molecule has 1 aromatic heterocycles. The number of anilines is 1. The highest BCUT2D eigenvalue weighted by molar-refractivity contribution is 5.92. The fraction of sp³-hybridized carbons (Fsp3) is 0.333. The third kappa shape index (κ3) is 3.69. The van der Waals surface area contributed by atoms with Gasteiger partial charge in [-0.25, -0.2) is 0 Å². The van der Waals surface area contributed by atoms with Crippen LogP contribution in [0.4, 0.5) is 5.69 Å². The van der Waals surface area contributed by atoms with E-state index in [0.29, 0.717) is 0 Å². The molecular formula is C18H20N2O. The van der Waals surface area contributed by atoms with E-state index in [1.54, 1.807) is 0 Å². The summed E-state index contributed by atoms with van der Waals surface area (Å²) in [4.78, 5) is 16.1. The lowest BCUT2D eigenvalue weighted by Crippen LogP contribution is -2.20. The SMILES string of the molecule is O=C(Nc1ccc(Cc2ccncc2)cc1)C1CCCC1. The Kier molecular flexibility index (Phi) is 4.29. The van der Waals surface area contributed by atoms with E-state index in [9.17, 15) is 4.79 Å². The van der Waals surface area contributed by atoms with Crippen LogP contribution in [-0.2, 0) is 11.2 Å². The van der Waals surface area contributed by atoms with Gasteiger partial charge in [0.05, 0.1) is 0 Å². The van der Waals surface area contributed by atoms with Crippen LogP contribution >= 0.6 is 0 Å². The van der Waals surface area contributed by atoms with Gasteiger partial charge in [-0.1, -0.05) is 25.0 Å². The van der Waals surface area contributed by atoms with Gasteiger partial charge in [-0.3, -0.25) is 9.78 Å². The highest BCUT2D eigenvalue weighted by Gasteiger charge is 2.22. The van der Waals surface area contributed by atoms with Crippen molar-refractivity contribution in [3.63, 3.8) is 0 Å². The first-order chi connectivity index (χ1) is 10.3. The summed E-state index contributed by atoms with van der Waals surface area (Å²) in [6.45, 7) is 0. The topological polar surface area (TPSA) is 42.0 Å². The molecule has 3 nitrogen and oxygen atoms in total. The highest BCUT2D eigenvalue weighted by Crippen LogP contribution is 2.26. The highest BCUT2D eigenvalue weighted by atomic mass is 16.1. The van der Waals surface area contributed by atoms with Crippen molar-refractivity contribution in [2.45, 2.75) is 32.1 Å². The zero-order valence-electron chi connectivity index (χ0n) is 12.1. The smallest absolute Gasteiger partial charge is 0.227 e. The molecule has 1 N–H and O–H groups in total. The van der Waals surface area contributed by atoms with Crippen molar-refractivity contribution < 1.29 is 4.79 Å². The molecule has 1 aliphatic rings. The second-order valence-corrected chi connectivity index (χ2v) is 5.70. The number of pyridine rings is 1. The molecule has 1 saturated carbocycles. The summed E-state index contributed by atoms with van der Waals surface area (Å²) in [6.07, 6.45) is 8.94. The van der Waals surface area contributed by atoms with Gasteiger partial charge in [-0.2, -0.15) is 0 Å². The number of rotatable bonds is 4. The van der Waals surface area contributed by atoms with Crippen LogP contribution < -0.4 is 5.32 Å². The van der Waals surface area contributed by atoms with Gasteiger partial charge in [0.15, 0.2) is 0 Å². The maximum Gasteiger partial charge on any atom is 0.227 e. The Morgan fingerprint density at radius 3 is 2.29 bits per heavy atom. The zero-order valence-corrected chi connectivity index (χ0v) is 12.1. The fourth-order valence-electron chi connectivity index (χ4n) is 2.87. The summed E-state index contributed by atoms with van der Waals surface area (Å²) >= 11 is 0. The van der Waals surface area contributed by atoms with E-state index in [4.69, 9.17) is 0 Å². The number of aromatic nitrogens is 1. The number of hydrogen-bond donors (Lipinski definition) is 1.